The van der Waals surface area contributed by atoms with Crippen LogP contribution in [0.25, 0.3) is 5.69 Å². The topological polar surface area (TPSA) is 81.9 Å². The van der Waals surface area contributed by atoms with Gasteiger partial charge in [0.1, 0.15) is 5.75 Å². The van der Waals surface area contributed by atoms with Crippen LogP contribution in [0.2, 0.25) is 0 Å². The van der Waals surface area contributed by atoms with E-state index in [1.54, 1.807) is 11.8 Å². The molecule has 1 saturated carbocycles. The molecule has 0 aliphatic heterocycles. The standard InChI is InChI=1S/C18H25N5O2S/c1-12-5-4-6-16(13(12)2)19-17(24)11-26-18-20-21-22-23(18)14-7-9-15(25-3)10-8-14/h7-10,12-13,16H,4-6,11H2,1-3H3,(H,19,24)/t12-,13-,16+/m1/s1. The van der Waals surface area contributed by atoms with Gasteiger partial charge in [0, 0.05) is 6.04 Å². The first-order chi connectivity index (χ1) is 12.6. The van der Waals surface area contributed by atoms with Gasteiger partial charge in [0.15, 0.2) is 0 Å². The lowest BCUT2D eigenvalue weighted by molar-refractivity contribution is -0.120. The molecule has 3 atom stereocenters. The number of ether oxygens (including phenoxy) is 1. The SMILES string of the molecule is COc1ccc(-n2nnnc2SCC(=O)N[C@H]2CCC[C@@H](C)[C@H]2C)cc1. The van der Waals surface area contributed by atoms with Gasteiger partial charge in [-0.25, -0.2) is 0 Å². The van der Waals surface area contributed by atoms with Gasteiger partial charge >= 0.3 is 0 Å². The first-order valence-electron chi connectivity index (χ1n) is 8.93. The quantitative estimate of drug-likeness (QED) is 0.782. The van der Waals surface area contributed by atoms with Crippen LogP contribution in [0.1, 0.15) is 33.1 Å². The van der Waals surface area contributed by atoms with Crippen LogP contribution in [0.15, 0.2) is 29.4 Å². The maximum Gasteiger partial charge on any atom is 0.230 e. The van der Waals surface area contributed by atoms with Crippen molar-refractivity contribution in [2.24, 2.45) is 11.8 Å². The predicted octanol–water partition coefficient (Wildman–Crippen LogP) is 2.70. The van der Waals surface area contributed by atoms with Crippen LogP contribution in [0.4, 0.5) is 0 Å². The number of carbonyl (C=O) groups excluding carboxylic acids is 1. The summed E-state index contributed by atoms with van der Waals surface area (Å²) in [5, 5.41) is 15.6. The summed E-state index contributed by atoms with van der Waals surface area (Å²) in [7, 11) is 1.62. The molecule has 0 unspecified atom stereocenters. The number of methoxy groups -OCH3 is 1. The lowest BCUT2D eigenvalue weighted by Crippen LogP contribution is -2.44. The second kappa shape index (κ2) is 8.53. The van der Waals surface area contributed by atoms with Gasteiger partial charge in [-0.15, -0.1) is 5.10 Å². The van der Waals surface area contributed by atoms with E-state index >= 15 is 0 Å². The zero-order chi connectivity index (χ0) is 18.5. The second-order valence-corrected chi connectivity index (χ2v) is 7.74. The van der Waals surface area contributed by atoms with Crippen LogP contribution in [0.5, 0.6) is 5.75 Å². The first kappa shape index (κ1) is 18.7. The van der Waals surface area contributed by atoms with Gasteiger partial charge in [-0.1, -0.05) is 38.5 Å². The van der Waals surface area contributed by atoms with E-state index in [0.29, 0.717) is 22.7 Å². The average molecular weight is 375 g/mol. The molecule has 0 spiro atoms. The highest BCUT2D eigenvalue weighted by Gasteiger charge is 2.28. The van der Waals surface area contributed by atoms with Crippen LogP contribution in [0.3, 0.4) is 0 Å². The summed E-state index contributed by atoms with van der Waals surface area (Å²) in [6, 6.07) is 7.73. The number of hydrogen-bond donors (Lipinski definition) is 1. The third kappa shape index (κ3) is 4.35. The van der Waals surface area contributed by atoms with Gasteiger partial charge in [0.2, 0.25) is 11.1 Å². The number of nitrogens with one attached hydrogen (secondary N) is 1. The Hall–Kier alpha value is -2.09. The van der Waals surface area contributed by atoms with Gasteiger partial charge in [0.25, 0.3) is 0 Å². The number of amides is 1. The van der Waals surface area contributed by atoms with Crippen molar-refractivity contribution in [3.8, 4) is 11.4 Å². The fraction of sp³-hybridized carbons (Fsp3) is 0.556. The maximum absolute atomic E-state index is 12.4. The lowest BCUT2D eigenvalue weighted by atomic mass is 9.78. The van der Waals surface area contributed by atoms with E-state index in [2.05, 4.69) is 34.7 Å². The number of thioether (sulfide) groups is 1. The molecule has 0 bridgehead atoms. The summed E-state index contributed by atoms with van der Waals surface area (Å²) in [5.41, 5.74) is 0.827. The fourth-order valence-electron chi connectivity index (χ4n) is 3.32. The number of nitrogens with zero attached hydrogens (tertiary/aromatic N) is 4. The van der Waals surface area contributed by atoms with Crippen molar-refractivity contribution in [2.75, 3.05) is 12.9 Å². The van der Waals surface area contributed by atoms with Crippen LogP contribution >= 0.6 is 11.8 Å². The van der Waals surface area contributed by atoms with E-state index < -0.39 is 0 Å². The van der Waals surface area contributed by atoms with E-state index in [1.807, 2.05) is 24.3 Å². The highest BCUT2D eigenvalue weighted by atomic mass is 32.2. The molecule has 0 saturated heterocycles. The number of aromatic nitrogens is 4. The molecular weight excluding hydrogens is 350 g/mol. The van der Waals surface area contributed by atoms with Gasteiger partial charge in [-0.2, -0.15) is 4.68 Å². The fourth-order valence-corrected chi connectivity index (χ4v) is 4.02. The number of carbonyl (C=O) groups is 1. The molecule has 1 amide bonds. The highest BCUT2D eigenvalue weighted by Crippen LogP contribution is 2.29. The molecule has 26 heavy (non-hydrogen) atoms. The summed E-state index contributed by atoms with van der Waals surface area (Å²) in [6.45, 7) is 4.49. The molecule has 1 aromatic carbocycles. The van der Waals surface area contributed by atoms with Crippen molar-refractivity contribution in [1.29, 1.82) is 0 Å². The van der Waals surface area contributed by atoms with Crippen molar-refractivity contribution in [1.82, 2.24) is 25.5 Å². The molecule has 1 N–H and O–H groups in total. The minimum Gasteiger partial charge on any atom is -0.497 e. The van der Waals surface area contributed by atoms with Gasteiger partial charge < -0.3 is 10.1 Å². The molecule has 1 aliphatic rings. The minimum absolute atomic E-state index is 0.0326. The molecule has 1 aliphatic carbocycles. The summed E-state index contributed by atoms with van der Waals surface area (Å²) in [4.78, 5) is 12.4. The van der Waals surface area contributed by atoms with Crippen molar-refractivity contribution in [3.63, 3.8) is 0 Å². The molecule has 1 heterocycles. The second-order valence-electron chi connectivity index (χ2n) is 6.80. The summed E-state index contributed by atoms with van der Waals surface area (Å²) >= 11 is 1.34. The third-order valence-corrected chi connectivity index (χ3v) is 6.06. The highest BCUT2D eigenvalue weighted by molar-refractivity contribution is 7.99. The van der Waals surface area contributed by atoms with Crippen LogP contribution in [-0.2, 0) is 4.79 Å². The Kier molecular flexibility index (Phi) is 6.13. The van der Waals surface area contributed by atoms with Gasteiger partial charge in [-0.3, -0.25) is 4.79 Å². The van der Waals surface area contributed by atoms with Gasteiger partial charge in [-0.05, 0) is 52.9 Å². The van der Waals surface area contributed by atoms with E-state index in [9.17, 15) is 4.79 Å². The summed E-state index contributed by atoms with van der Waals surface area (Å²) in [5.74, 6) is 2.27. The van der Waals surface area contributed by atoms with Crippen LogP contribution in [-0.4, -0.2) is 45.0 Å². The van der Waals surface area contributed by atoms with Crippen LogP contribution in [0, 0.1) is 11.8 Å². The summed E-state index contributed by atoms with van der Waals surface area (Å²) < 4.78 is 6.79. The van der Waals surface area contributed by atoms with E-state index in [4.69, 9.17) is 4.74 Å². The van der Waals surface area contributed by atoms with Gasteiger partial charge in [0.05, 0.1) is 18.6 Å². The van der Waals surface area contributed by atoms with E-state index in [1.165, 1.54) is 24.6 Å². The Labute approximate surface area is 157 Å². The molecule has 2 aromatic rings. The monoisotopic (exact) mass is 375 g/mol. The first-order valence-corrected chi connectivity index (χ1v) is 9.92. The van der Waals surface area contributed by atoms with Crippen molar-refractivity contribution < 1.29 is 9.53 Å². The Morgan fingerprint density at radius 3 is 2.81 bits per heavy atom. The average Bonchev–Trinajstić information content (AvgIpc) is 3.12. The number of rotatable bonds is 6. The van der Waals surface area contributed by atoms with E-state index in [-0.39, 0.29) is 11.9 Å². The molecule has 1 fully saturated rings. The molecule has 7 nitrogen and oxygen atoms in total. The molecule has 3 rings (SSSR count). The Bertz CT molecular complexity index is 733. The number of hydrogen-bond acceptors (Lipinski definition) is 6. The molecular formula is C18H25N5O2S. The normalized spacial score (nSPS) is 22.8. The Morgan fingerprint density at radius 1 is 1.31 bits per heavy atom. The minimum atomic E-state index is 0.0326. The Balaban J connectivity index is 1.58. The van der Waals surface area contributed by atoms with Crippen molar-refractivity contribution in [3.05, 3.63) is 24.3 Å². The van der Waals surface area contributed by atoms with Crippen LogP contribution < -0.4 is 10.1 Å². The molecule has 0 radical (unpaired) electrons. The Morgan fingerprint density at radius 2 is 2.08 bits per heavy atom. The maximum atomic E-state index is 12.4. The number of tetrazole rings is 1. The zero-order valence-corrected chi connectivity index (χ0v) is 16.2. The smallest absolute Gasteiger partial charge is 0.230 e. The largest absolute Gasteiger partial charge is 0.497 e. The molecule has 8 heteroatoms. The molecule has 1 aromatic heterocycles. The molecule has 140 valence electrons. The predicted molar refractivity (Wildman–Crippen MR) is 101 cm³/mol. The van der Waals surface area contributed by atoms with Crippen molar-refractivity contribution >= 4 is 17.7 Å². The van der Waals surface area contributed by atoms with E-state index in [0.717, 1.165) is 17.9 Å². The summed E-state index contributed by atoms with van der Waals surface area (Å²) in [6.07, 6.45) is 3.49. The lowest BCUT2D eigenvalue weighted by Gasteiger charge is -2.34. The number of benzene rings is 1. The third-order valence-electron chi connectivity index (χ3n) is 5.14. The zero-order valence-electron chi connectivity index (χ0n) is 15.4. The van der Waals surface area contributed by atoms with Crippen molar-refractivity contribution in [2.45, 2.75) is 44.3 Å².